The molecule has 0 amide bonds. The molecule has 1 saturated heterocycles. The Kier molecular flexibility index (Phi) is 3.39. The van der Waals surface area contributed by atoms with Gasteiger partial charge in [-0.15, -0.1) is 0 Å². The van der Waals surface area contributed by atoms with Crippen LogP contribution in [0.25, 0.3) is 0 Å². The minimum atomic E-state index is 0.275. The molecular formula is C13H19NO. The fraction of sp³-hybridized carbons (Fsp3) is 0.538. The van der Waals surface area contributed by atoms with Crippen LogP contribution in [0.2, 0.25) is 0 Å². The summed E-state index contributed by atoms with van der Waals surface area (Å²) in [6.07, 6.45) is 1.11. The SMILES string of the molecule is CC1CNC(c2ccccc2)C(CO)C1. The summed E-state index contributed by atoms with van der Waals surface area (Å²) in [5.41, 5.74) is 1.29. The van der Waals surface area contributed by atoms with Crippen molar-refractivity contribution >= 4 is 0 Å². The van der Waals surface area contributed by atoms with Crippen LogP contribution in [-0.2, 0) is 0 Å². The Morgan fingerprint density at radius 3 is 2.73 bits per heavy atom. The quantitative estimate of drug-likeness (QED) is 0.773. The first kappa shape index (κ1) is 10.7. The van der Waals surface area contributed by atoms with Crippen LogP contribution < -0.4 is 5.32 Å². The van der Waals surface area contributed by atoms with Gasteiger partial charge < -0.3 is 10.4 Å². The van der Waals surface area contributed by atoms with E-state index in [0.29, 0.717) is 17.9 Å². The molecule has 1 heterocycles. The van der Waals surface area contributed by atoms with Gasteiger partial charge in [0.2, 0.25) is 0 Å². The number of nitrogens with one attached hydrogen (secondary N) is 1. The van der Waals surface area contributed by atoms with E-state index < -0.39 is 0 Å². The average Bonchev–Trinajstić information content (AvgIpc) is 2.30. The molecule has 2 nitrogen and oxygen atoms in total. The Morgan fingerprint density at radius 2 is 2.07 bits per heavy atom. The van der Waals surface area contributed by atoms with Crippen LogP contribution in [0.3, 0.4) is 0 Å². The van der Waals surface area contributed by atoms with Crippen molar-refractivity contribution in [1.82, 2.24) is 5.32 Å². The summed E-state index contributed by atoms with van der Waals surface area (Å²) in [7, 11) is 0. The summed E-state index contributed by atoms with van der Waals surface area (Å²) in [6, 6.07) is 10.7. The van der Waals surface area contributed by atoms with E-state index in [1.54, 1.807) is 0 Å². The summed E-state index contributed by atoms with van der Waals surface area (Å²) in [5, 5.41) is 12.9. The maximum atomic E-state index is 9.40. The van der Waals surface area contributed by atoms with Crippen molar-refractivity contribution in [3.8, 4) is 0 Å². The van der Waals surface area contributed by atoms with Gasteiger partial charge in [0.15, 0.2) is 0 Å². The second-order valence-electron chi connectivity index (χ2n) is 4.58. The minimum Gasteiger partial charge on any atom is -0.396 e. The van der Waals surface area contributed by atoms with Crippen LogP contribution in [0.5, 0.6) is 0 Å². The lowest BCUT2D eigenvalue weighted by Crippen LogP contribution is -2.39. The Hall–Kier alpha value is -0.860. The Balaban J connectivity index is 2.14. The monoisotopic (exact) mass is 205 g/mol. The van der Waals surface area contributed by atoms with Gasteiger partial charge in [0.1, 0.15) is 0 Å². The molecule has 0 spiro atoms. The molecule has 82 valence electrons. The van der Waals surface area contributed by atoms with Gasteiger partial charge >= 0.3 is 0 Å². The van der Waals surface area contributed by atoms with E-state index in [2.05, 4.69) is 36.5 Å². The number of aliphatic hydroxyl groups is 1. The third-order valence-corrected chi connectivity index (χ3v) is 3.26. The zero-order valence-corrected chi connectivity index (χ0v) is 9.19. The fourth-order valence-corrected chi connectivity index (χ4v) is 2.46. The topological polar surface area (TPSA) is 32.3 Å². The zero-order chi connectivity index (χ0) is 10.7. The summed E-state index contributed by atoms with van der Waals surface area (Å²) in [6.45, 7) is 3.56. The Labute approximate surface area is 91.3 Å². The molecule has 0 bridgehead atoms. The van der Waals surface area contributed by atoms with Gasteiger partial charge in [-0.05, 0) is 24.4 Å². The Morgan fingerprint density at radius 1 is 1.33 bits per heavy atom. The van der Waals surface area contributed by atoms with E-state index in [1.165, 1.54) is 5.56 Å². The molecule has 2 N–H and O–H groups in total. The number of rotatable bonds is 2. The predicted octanol–water partition coefficient (Wildman–Crippen LogP) is 1.97. The fourth-order valence-electron chi connectivity index (χ4n) is 2.46. The molecule has 0 aliphatic carbocycles. The van der Waals surface area contributed by atoms with Gasteiger partial charge in [-0.2, -0.15) is 0 Å². The molecule has 1 aliphatic rings. The van der Waals surface area contributed by atoms with Gasteiger partial charge in [-0.3, -0.25) is 0 Å². The van der Waals surface area contributed by atoms with Crippen molar-refractivity contribution < 1.29 is 5.11 Å². The molecule has 1 aliphatic heterocycles. The van der Waals surface area contributed by atoms with Crippen molar-refractivity contribution in [3.63, 3.8) is 0 Å². The molecule has 15 heavy (non-hydrogen) atoms. The highest BCUT2D eigenvalue weighted by atomic mass is 16.3. The second-order valence-corrected chi connectivity index (χ2v) is 4.58. The summed E-state index contributed by atoms with van der Waals surface area (Å²) >= 11 is 0. The normalized spacial score (nSPS) is 31.5. The van der Waals surface area contributed by atoms with Crippen molar-refractivity contribution in [2.45, 2.75) is 19.4 Å². The molecule has 3 unspecified atom stereocenters. The molecule has 0 radical (unpaired) electrons. The van der Waals surface area contributed by atoms with Crippen LogP contribution in [0.15, 0.2) is 30.3 Å². The van der Waals surface area contributed by atoms with E-state index in [1.807, 2.05) is 6.07 Å². The second kappa shape index (κ2) is 4.77. The van der Waals surface area contributed by atoms with E-state index in [9.17, 15) is 5.11 Å². The van der Waals surface area contributed by atoms with Crippen molar-refractivity contribution in [2.75, 3.05) is 13.2 Å². The maximum Gasteiger partial charge on any atom is 0.0477 e. The minimum absolute atomic E-state index is 0.275. The predicted molar refractivity (Wildman–Crippen MR) is 61.5 cm³/mol. The highest BCUT2D eigenvalue weighted by molar-refractivity contribution is 5.20. The van der Waals surface area contributed by atoms with Crippen LogP contribution in [-0.4, -0.2) is 18.3 Å². The van der Waals surface area contributed by atoms with Gasteiger partial charge in [0, 0.05) is 18.6 Å². The summed E-state index contributed by atoms with van der Waals surface area (Å²) < 4.78 is 0. The molecule has 1 aromatic rings. The van der Waals surface area contributed by atoms with Gasteiger partial charge in [-0.1, -0.05) is 37.3 Å². The smallest absolute Gasteiger partial charge is 0.0477 e. The standard InChI is InChI=1S/C13H19NO/c1-10-7-12(9-15)13(14-8-10)11-5-3-2-4-6-11/h2-6,10,12-15H,7-9H2,1H3. The molecule has 0 aromatic heterocycles. The number of hydrogen-bond donors (Lipinski definition) is 2. The van der Waals surface area contributed by atoms with Crippen molar-refractivity contribution in [1.29, 1.82) is 0 Å². The van der Waals surface area contributed by atoms with E-state index in [4.69, 9.17) is 0 Å². The van der Waals surface area contributed by atoms with E-state index in [-0.39, 0.29) is 6.61 Å². The third kappa shape index (κ3) is 2.39. The number of piperidine rings is 1. The molecule has 3 atom stereocenters. The Bertz CT molecular complexity index is 299. The highest BCUT2D eigenvalue weighted by Crippen LogP contribution is 2.30. The number of hydrogen-bond acceptors (Lipinski definition) is 2. The van der Waals surface area contributed by atoms with Crippen molar-refractivity contribution in [3.05, 3.63) is 35.9 Å². The van der Waals surface area contributed by atoms with E-state index >= 15 is 0 Å². The van der Waals surface area contributed by atoms with Crippen LogP contribution >= 0.6 is 0 Å². The van der Waals surface area contributed by atoms with Crippen LogP contribution in [0.1, 0.15) is 24.9 Å². The van der Waals surface area contributed by atoms with Crippen LogP contribution in [0.4, 0.5) is 0 Å². The average molecular weight is 205 g/mol. The molecule has 0 saturated carbocycles. The first-order valence-electron chi connectivity index (χ1n) is 5.70. The highest BCUT2D eigenvalue weighted by Gasteiger charge is 2.28. The molecule has 2 rings (SSSR count). The first-order chi connectivity index (χ1) is 7.31. The molecule has 1 aromatic carbocycles. The summed E-state index contributed by atoms with van der Waals surface area (Å²) in [4.78, 5) is 0. The summed E-state index contributed by atoms with van der Waals surface area (Å²) in [5.74, 6) is 1.03. The van der Waals surface area contributed by atoms with Crippen LogP contribution in [0, 0.1) is 11.8 Å². The van der Waals surface area contributed by atoms with E-state index in [0.717, 1.165) is 13.0 Å². The van der Waals surface area contributed by atoms with Gasteiger partial charge in [-0.25, -0.2) is 0 Å². The van der Waals surface area contributed by atoms with Crippen molar-refractivity contribution in [2.24, 2.45) is 11.8 Å². The third-order valence-electron chi connectivity index (χ3n) is 3.26. The number of aliphatic hydroxyl groups excluding tert-OH is 1. The lowest BCUT2D eigenvalue weighted by Gasteiger charge is -2.35. The first-order valence-corrected chi connectivity index (χ1v) is 5.70. The maximum absolute atomic E-state index is 9.40. The molecule has 2 heteroatoms. The lowest BCUT2D eigenvalue weighted by molar-refractivity contribution is 0.136. The lowest BCUT2D eigenvalue weighted by atomic mass is 9.83. The number of benzene rings is 1. The van der Waals surface area contributed by atoms with Gasteiger partial charge in [0.25, 0.3) is 0 Å². The zero-order valence-electron chi connectivity index (χ0n) is 9.19. The van der Waals surface area contributed by atoms with Gasteiger partial charge in [0.05, 0.1) is 0 Å². The molecule has 1 fully saturated rings. The molecular weight excluding hydrogens is 186 g/mol. The largest absolute Gasteiger partial charge is 0.396 e.